The fourth-order valence-electron chi connectivity index (χ4n) is 1.46. The molecule has 0 bridgehead atoms. The lowest BCUT2D eigenvalue weighted by atomic mass is 10.1. The van der Waals surface area contributed by atoms with Gasteiger partial charge in [-0.15, -0.1) is 11.3 Å². The standard InChI is InChI=1S/C12H6Cl2F2OS/c13-11-5-7(12(14)18-11)10(17)4-6-1-2-8(15)9(16)3-6/h1-3,5H,4H2. The van der Waals surface area contributed by atoms with Crippen LogP contribution in [0.15, 0.2) is 24.3 Å². The van der Waals surface area contributed by atoms with E-state index in [-0.39, 0.29) is 12.2 Å². The van der Waals surface area contributed by atoms with Gasteiger partial charge in [-0.1, -0.05) is 29.3 Å². The predicted molar refractivity (Wildman–Crippen MR) is 68.7 cm³/mol. The number of rotatable bonds is 3. The number of ketones is 1. The number of carbonyl (C=O) groups is 1. The molecule has 0 N–H and O–H groups in total. The van der Waals surface area contributed by atoms with Crippen LogP contribution in [0.5, 0.6) is 0 Å². The third-order valence-electron chi connectivity index (χ3n) is 2.31. The highest BCUT2D eigenvalue weighted by Crippen LogP contribution is 2.32. The van der Waals surface area contributed by atoms with E-state index >= 15 is 0 Å². The van der Waals surface area contributed by atoms with E-state index in [1.54, 1.807) is 0 Å². The molecule has 1 heterocycles. The first-order valence-electron chi connectivity index (χ1n) is 4.89. The molecule has 0 fully saturated rings. The molecule has 2 rings (SSSR count). The van der Waals surface area contributed by atoms with E-state index in [4.69, 9.17) is 23.2 Å². The average Bonchev–Trinajstić information content (AvgIpc) is 2.63. The fraction of sp³-hybridized carbons (Fsp3) is 0.0833. The minimum absolute atomic E-state index is 0.0516. The Hall–Kier alpha value is -0.970. The number of hydrogen-bond donors (Lipinski definition) is 0. The van der Waals surface area contributed by atoms with Crippen molar-refractivity contribution in [3.05, 3.63) is 55.7 Å². The number of halogens is 4. The first-order valence-corrected chi connectivity index (χ1v) is 6.46. The van der Waals surface area contributed by atoms with Gasteiger partial charge in [-0.3, -0.25) is 4.79 Å². The summed E-state index contributed by atoms with van der Waals surface area (Å²) in [6.07, 6.45) is -0.0516. The van der Waals surface area contributed by atoms with E-state index in [0.29, 0.717) is 19.8 Å². The molecular weight excluding hydrogens is 301 g/mol. The Kier molecular flexibility index (Phi) is 4.00. The first-order chi connectivity index (χ1) is 8.47. The number of Topliss-reactive ketones (excluding diaryl/α,β-unsaturated/α-hetero) is 1. The lowest BCUT2D eigenvalue weighted by Crippen LogP contribution is -2.03. The molecule has 1 nitrogen and oxygen atoms in total. The van der Waals surface area contributed by atoms with Gasteiger partial charge in [-0.25, -0.2) is 8.78 Å². The Morgan fingerprint density at radius 3 is 2.44 bits per heavy atom. The summed E-state index contributed by atoms with van der Waals surface area (Å²) >= 11 is 12.7. The lowest BCUT2D eigenvalue weighted by molar-refractivity contribution is 0.0993. The van der Waals surface area contributed by atoms with Gasteiger partial charge >= 0.3 is 0 Å². The zero-order chi connectivity index (χ0) is 13.3. The van der Waals surface area contributed by atoms with Crippen molar-refractivity contribution in [2.75, 3.05) is 0 Å². The lowest BCUT2D eigenvalue weighted by Gasteiger charge is -2.01. The van der Waals surface area contributed by atoms with Gasteiger partial charge in [0, 0.05) is 12.0 Å². The van der Waals surface area contributed by atoms with E-state index in [1.165, 1.54) is 12.1 Å². The van der Waals surface area contributed by atoms with Gasteiger partial charge in [0.1, 0.15) is 4.34 Å². The summed E-state index contributed by atoms with van der Waals surface area (Å²) in [5, 5.41) is 0. The van der Waals surface area contributed by atoms with Gasteiger partial charge in [0.15, 0.2) is 17.4 Å². The molecule has 0 spiro atoms. The molecule has 2 aromatic rings. The number of hydrogen-bond acceptors (Lipinski definition) is 2. The molecular formula is C12H6Cl2F2OS. The normalized spacial score (nSPS) is 10.7. The highest BCUT2D eigenvalue weighted by atomic mass is 35.5. The highest BCUT2D eigenvalue weighted by molar-refractivity contribution is 7.20. The molecule has 0 saturated heterocycles. The van der Waals surface area contributed by atoms with Gasteiger partial charge in [0.05, 0.1) is 4.34 Å². The Labute approximate surface area is 116 Å². The highest BCUT2D eigenvalue weighted by Gasteiger charge is 2.15. The summed E-state index contributed by atoms with van der Waals surface area (Å²) in [6.45, 7) is 0. The minimum Gasteiger partial charge on any atom is -0.294 e. The molecule has 0 aliphatic rings. The Bertz CT molecular complexity index is 610. The van der Waals surface area contributed by atoms with Crippen LogP contribution in [0.2, 0.25) is 8.67 Å². The van der Waals surface area contributed by atoms with E-state index in [0.717, 1.165) is 23.5 Å². The smallest absolute Gasteiger partial charge is 0.169 e. The van der Waals surface area contributed by atoms with Crippen LogP contribution in [0.1, 0.15) is 15.9 Å². The van der Waals surface area contributed by atoms with E-state index in [2.05, 4.69) is 0 Å². The van der Waals surface area contributed by atoms with Gasteiger partial charge in [-0.05, 0) is 23.8 Å². The summed E-state index contributed by atoms with van der Waals surface area (Å²) in [4.78, 5) is 11.9. The molecule has 0 atom stereocenters. The molecule has 0 saturated carbocycles. The first kappa shape index (κ1) is 13.5. The van der Waals surface area contributed by atoms with Crippen molar-refractivity contribution in [2.24, 2.45) is 0 Å². The molecule has 0 aliphatic heterocycles. The second-order valence-electron chi connectivity index (χ2n) is 3.59. The maximum absolute atomic E-state index is 13.0. The Balaban J connectivity index is 2.21. The Morgan fingerprint density at radius 1 is 1.17 bits per heavy atom. The molecule has 94 valence electrons. The topological polar surface area (TPSA) is 17.1 Å². The van der Waals surface area contributed by atoms with Crippen molar-refractivity contribution < 1.29 is 13.6 Å². The van der Waals surface area contributed by atoms with Crippen molar-refractivity contribution in [2.45, 2.75) is 6.42 Å². The molecule has 18 heavy (non-hydrogen) atoms. The fourth-order valence-corrected chi connectivity index (χ4v) is 2.96. The quantitative estimate of drug-likeness (QED) is 0.747. The third-order valence-corrected chi connectivity index (χ3v) is 3.79. The number of thiophene rings is 1. The minimum atomic E-state index is -0.977. The second kappa shape index (κ2) is 5.34. The molecule has 6 heteroatoms. The molecule has 0 aliphatic carbocycles. The molecule has 1 aromatic carbocycles. The van der Waals surface area contributed by atoms with Crippen molar-refractivity contribution in [3.8, 4) is 0 Å². The third kappa shape index (κ3) is 2.88. The average molecular weight is 307 g/mol. The monoisotopic (exact) mass is 306 g/mol. The van der Waals surface area contributed by atoms with Crippen LogP contribution in [-0.4, -0.2) is 5.78 Å². The second-order valence-corrected chi connectivity index (χ2v) is 5.87. The Morgan fingerprint density at radius 2 is 1.89 bits per heavy atom. The van der Waals surface area contributed by atoms with Crippen LogP contribution in [0, 0.1) is 11.6 Å². The van der Waals surface area contributed by atoms with Gasteiger partial charge in [0.25, 0.3) is 0 Å². The summed E-state index contributed by atoms with van der Waals surface area (Å²) < 4.78 is 26.4. The molecule has 0 unspecified atom stereocenters. The zero-order valence-corrected chi connectivity index (χ0v) is 11.2. The molecule has 0 amide bonds. The largest absolute Gasteiger partial charge is 0.294 e. The van der Waals surface area contributed by atoms with Gasteiger partial charge < -0.3 is 0 Å². The van der Waals surface area contributed by atoms with Crippen molar-refractivity contribution in [1.82, 2.24) is 0 Å². The SMILES string of the molecule is O=C(Cc1ccc(F)c(F)c1)c1cc(Cl)sc1Cl. The van der Waals surface area contributed by atoms with Crippen molar-refractivity contribution >= 4 is 40.3 Å². The van der Waals surface area contributed by atoms with Crippen LogP contribution in [0.3, 0.4) is 0 Å². The summed E-state index contributed by atoms with van der Waals surface area (Å²) in [6, 6.07) is 4.81. The van der Waals surface area contributed by atoms with Crippen molar-refractivity contribution in [3.63, 3.8) is 0 Å². The number of carbonyl (C=O) groups excluding carboxylic acids is 1. The maximum atomic E-state index is 13.0. The van der Waals surface area contributed by atoms with Crippen LogP contribution in [0.25, 0.3) is 0 Å². The predicted octanol–water partition coefficient (Wildman–Crippen LogP) is 4.76. The molecule has 1 aromatic heterocycles. The van der Waals surface area contributed by atoms with Crippen LogP contribution in [0.4, 0.5) is 8.78 Å². The van der Waals surface area contributed by atoms with E-state index in [9.17, 15) is 13.6 Å². The van der Waals surface area contributed by atoms with Crippen LogP contribution < -0.4 is 0 Å². The van der Waals surface area contributed by atoms with Gasteiger partial charge in [-0.2, -0.15) is 0 Å². The van der Waals surface area contributed by atoms with Gasteiger partial charge in [0.2, 0.25) is 0 Å². The summed E-state index contributed by atoms with van der Waals surface area (Å²) in [7, 11) is 0. The summed E-state index contributed by atoms with van der Waals surface area (Å²) in [5.41, 5.74) is 0.689. The number of benzene rings is 1. The summed E-state index contributed by atoms with van der Waals surface area (Å²) in [5.74, 6) is -2.20. The van der Waals surface area contributed by atoms with E-state index in [1.807, 2.05) is 0 Å². The zero-order valence-electron chi connectivity index (χ0n) is 8.84. The van der Waals surface area contributed by atoms with E-state index < -0.39 is 11.6 Å². The van der Waals surface area contributed by atoms with Crippen molar-refractivity contribution in [1.29, 1.82) is 0 Å². The maximum Gasteiger partial charge on any atom is 0.169 e. The van der Waals surface area contributed by atoms with Crippen LogP contribution in [-0.2, 0) is 6.42 Å². The van der Waals surface area contributed by atoms with Crippen LogP contribution >= 0.6 is 34.5 Å². The molecule has 0 radical (unpaired) electrons.